The van der Waals surface area contributed by atoms with Gasteiger partial charge >= 0.3 is 12.1 Å². The smallest absolute Gasteiger partial charge is 0.421 e. The first-order valence-corrected chi connectivity index (χ1v) is 25.2. The largest absolute Gasteiger partial charge is 0.491 e. The molecule has 378 valence electrons. The first kappa shape index (κ1) is 49.5. The number of esters is 1. The van der Waals surface area contributed by atoms with Gasteiger partial charge in [-0.1, -0.05) is 104 Å². The number of methoxy groups -OCH3 is 1. The summed E-state index contributed by atoms with van der Waals surface area (Å²) >= 11 is 0. The molecule has 3 amide bonds. The maximum absolute atomic E-state index is 16.7. The predicted molar refractivity (Wildman–Crippen MR) is 272 cm³/mol. The van der Waals surface area contributed by atoms with Gasteiger partial charge in [0.25, 0.3) is 0 Å². The van der Waals surface area contributed by atoms with Gasteiger partial charge in [-0.25, -0.2) is 9.69 Å². The predicted octanol–water partition coefficient (Wildman–Crippen LogP) is 7.42. The molecule has 5 aromatic rings. The van der Waals surface area contributed by atoms with Crippen molar-refractivity contribution >= 4 is 40.9 Å². The third kappa shape index (κ3) is 9.46. The SMILES string of the molecule is COCCOC(=O)N1C(=O)[C@@]2(c3cc(C#CC4(O)CCCCCC4)ccc31)[C@H](C(=O)Nc1ccc(N3CCOCC3)cc1)[C@H]1C(=O)O[C@H](c3ccccc3)[C@H](c3ccccc3)N1[C@@H]2c1ccccc1OCCO. The van der Waals surface area contributed by atoms with E-state index in [-0.39, 0.29) is 43.4 Å². The molecule has 15 heteroatoms. The number of benzene rings is 5. The number of carbonyl (C=O) groups excluding carboxylic acids is 4. The van der Waals surface area contributed by atoms with E-state index in [9.17, 15) is 15.0 Å². The number of ether oxygens (including phenoxy) is 5. The topological polar surface area (TPSA) is 177 Å². The minimum absolute atomic E-state index is 0.0398. The number of para-hydroxylation sites is 1. The molecule has 15 nitrogen and oxygen atoms in total. The molecule has 6 atom stereocenters. The van der Waals surface area contributed by atoms with Crippen LogP contribution in [0.3, 0.4) is 0 Å². The molecule has 1 spiro atoms. The van der Waals surface area contributed by atoms with Crippen LogP contribution >= 0.6 is 0 Å². The number of amides is 3. The van der Waals surface area contributed by atoms with Crippen molar-refractivity contribution in [3.63, 3.8) is 0 Å². The lowest BCUT2D eigenvalue weighted by molar-refractivity contribution is -0.177. The van der Waals surface area contributed by atoms with E-state index in [1.165, 1.54) is 7.11 Å². The van der Waals surface area contributed by atoms with Crippen molar-refractivity contribution in [1.29, 1.82) is 0 Å². The number of morpholine rings is 2. The summed E-state index contributed by atoms with van der Waals surface area (Å²) in [6, 6.07) is 34.7. The van der Waals surface area contributed by atoms with E-state index < -0.39 is 65.0 Å². The Labute approximate surface area is 424 Å². The highest BCUT2D eigenvalue weighted by molar-refractivity contribution is 6.24. The molecule has 10 rings (SSSR count). The van der Waals surface area contributed by atoms with Gasteiger partial charge < -0.3 is 44.1 Å². The number of nitrogens with zero attached hydrogens (tertiary/aromatic N) is 3. The fourth-order valence-electron chi connectivity index (χ4n) is 11.6. The van der Waals surface area contributed by atoms with Gasteiger partial charge in [0, 0.05) is 42.7 Å². The fraction of sp³-hybridized carbons (Fsp3) is 0.379. The van der Waals surface area contributed by atoms with Gasteiger partial charge in [-0.3, -0.25) is 19.3 Å². The van der Waals surface area contributed by atoms with E-state index in [1.54, 1.807) is 54.6 Å². The highest BCUT2D eigenvalue weighted by atomic mass is 16.6. The van der Waals surface area contributed by atoms with Crippen molar-refractivity contribution in [2.45, 2.75) is 73.8 Å². The summed E-state index contributed by atoms with van der Waals surface area (Å²) < 4.78 is 29.6. The maximum Gasteiger partial charge on any atom is 0.421 e. The number of aliphatic hydroxyl groups is 2. The van der Waals surface area contributed by atoms with Crippen LogP contribution < -0.4 is 19.9 Å². The van der Waals surface area contributed by atoms with Crippen molar-refractivity contribution in [1.82, 2.24) is 4.90 Å². The minimum Gasteiger partial charge on any atom is -0.491 e. The average molecular weight is 989 g/mol. The Hall–Kier alpha value is -7.06. The molecule has 0 aromatic heterocycles. The number of aliphatic hydroxyl groups excluding tert-OH is 1. The lowest BCUT2D eigenvalue weighted by Crippen LogP contribution is -2.54. The Kier molecular flexibility index (Phi) is 14.6. The van der Waals surface area contributed by atoms with Crippen molar-refractivity contribution in [2.75, 3.05) is 75.0 Å². The Morgan fingerprint density at radius 1 is 0.795 bits per heavy atom. The summed E-state index contributed by atoms with van der Waals surface area (Å²) in [5.41, 5.74) is 0.511. The molecule has 3 saturated heterocycles. The molecule has 5 aromatic carbocycles. The zero-order chi connectivity index (χ0) is 50.5. The van der Waals surface area contributed by atoms with E-state index in [1.807, 2.05) is 77.7 Å². The lowest BCUT2D eigenvalue weighted by Gasteiger charge is -2.46. The molecule has 4 heterocycles. The van der Waals surface area contributed by atoms with E-state index in [0.717, 1.165) is 41.8 Å². The molecule has 5 aliphatic rings. The van der Waals surface area contributed by atoms with E-state index in [4.69, 9.17) is 23.7 Å². The number of cyclic esters (lactones) is 1. The lowest BCUT2D eigenvalue weighted by atomic mass is 9.65. The molecule has 3 N–H and O–H groups in total. The molecule has 0 bridgehead atoms. The highest BCUT2D eigenvalue weighted by Gasteiger charge is 2.76. The third-order valence-corrected chi connectivity index (χ3v) is 14.9. The van der Waals surface area contributed by atoms with Crippen LogP contribution in [0.15, 0.2) is 127 Å². The first-order chi connectivity index (χ1) is 35.7. The molecule has 1 saturated carbocycles. The Bertz CT molecular complexity index is 2860. The standard InChI is InChI=1S/C58H60N4O11/c1-69-36-37-72-56(67)61-46-25-20-39(26-29-57(68)27-12-2-3-13-28-57)38-45(46)58(55(61)66)48(53(64)59-42-21-23-43(24-22-42)60-30-33-70-34-31-60)50-54(65)73-51(41-16-8-5-9-17-41)49(40-14-6-4-7-15-40)62(50)52(58)44-18-10-11-19-47(44)71-35-32-63/h4-11,14-25,38,48-52,63,68H,2-3,12-13,27-28,30-37H2,1H3,(H,59,64)/t48-,49-,50-,51+,52+,58-/m0/s1. The van der Waals surface area contributed by atoms with Crippen LogP contribution in [-0.2, 0) is 38.7 Å². The minimum atomic E-state index is -2.15. The van der Waals surface area contributed by atoms with E-state index in [0.29, 0.717) is 61.5 Å². The van der Waals surface area contributed by atoms with Crippen LogP contribution in [0.4, 0.5) is 21.9 Å². The molecule has 4 fully saturated rings. The highest BCUT2D eigenvalue weighted by Crippen LogP contribution is 2.67. The molecular weight excluding hydrogens is 929 g/mol. The fourth-order valence-corrected chi connectivity index (χ4v) is 11.6. The van der Waals surface area contributed by atoms with Crippen molar-refractivity contribution in [2.24, 2.45) is 5.92 Å². The number of hydrogen-bond acceptors (Lipinski definition) is 13. The van der Waals surface area contributed by atoms with Gasteiger partial charge in [0.1, 0.15) is 42.1 Å². The number of hydrogen-bond donors (Lipinski definition) is 3. The molecular formula is C58H60N4O11. The van der Waals surface area contributed by atoms with Gasteiger partial charge in [-0.15, -0.1) is 0 Å². The second-order valence-corrected chi connectivity index (χ2v) is 19.2. The molecule has 0 unspecified atom stereocenters. The van der Waals surface area contributed by atoms with Crippen LogP contribution in [0.1, 0.15) is 84.5 Å². The zero-order valence-electron chi connectivity index (χ0n) is 40.8. The van der Waals surface area contributed by atoms with Gasteiger partial charge in [-0.2, -0.15) is 0 Å². The van der Waals surface area contributed by atoms with E-state index >= 15 is 14.4 Å². The molecule has 0 radical (unpaired) electrons. The Balaban J connectivity index is 1.25. The quantitative estimate of drug-likeness (QED) is 0.0488. The molecule has 1 aliphatic carbocycles. The first-order valence-electron chi connectivity index (χ1n) is 25.2. The van der Waals surface area contributed by atoms with Crippen LogP contribution in [0.5, 0.6) is 5.75 Å². The summed E-state index contributed by atoms with van der Waals surface area (Å²) in [4.78, 5) is 68.2. The number of carbonyl (C=O) groups is 4. The average Bonchev–Trinajstić information content (AvgIpc) is 3.77. The van der Waals surface area contributed by atoms with Crippen LogP contribution in [0.2, 0.25) is 0 Å². The van der Waals surface area contributed by atoms with E-state index in [2.05, 4.69) is 22.1 Å². The third-order valence-electron chi connectivity index (χ3n) is 14.9. The van der Waals surface area contributed by atoms with Crippen molar-refractivity contribution < 1.29 is 53.1 Å². The summed E-state index contributed by atoms with van der Waals surface area (Å²) in [6.45, 7) is 1.96. The van der Waals surface area contributed by atoms with Crippen molar-refractivity contribution in [3.05, 3.63) is 155 Å². The zero-order valence-corrected chi connectivity index (χ0v) is 40.8. The summed E-state index contributed by atoms with van der Waals surface area (Å²) in [6.07, 6.45) is 2.64. The van der Waals surface area contributed by atoms with Crippen LogP contribution in [0.25, 0.3) is 0 Å². The number of rotatable bonds is 12. The number of imide groups is 1. The summed E-state index contributed by atoms with van der Waals surface area (Å²) in [5, 5.41) is 25.1. The Morgan fingerprint density at radius 2 is 1.48 bits per heavy atom. The second-order valence-electron chi connectivity index (χ2n) is 19.2. The number of fused-ring (bicyclic) bond motifs is 3. The van der Waals surface area contributed by atoms with Gasteiger partial charge in [0.2, 0.25) is 11.8 Å². The number of anilines is 3. The number of nitrogens with one attached hydrogen (secondary N) is 1. The Morgan fingerprint density at radius 3 is 2.18 bits per heavy atom. The second kappa shape index (κ2) is 21.6. The summed E-state index contributed by atoms with van der Waals surface area (Å²) in [7, 11) is 1.47. The van der Waals surface area contributed by atoms with Gasteiger partial charge in [0.05, 0.1) is 50.1 Å². The maximum atomic E-state index is 16.7. The van der Waals surface area contributed by atoms with Crippen LogP contribution in [-0.4, -0.2) is 110 Å². The van der Waals surface area contributed by atoms with Gasteiger partial charge in [0.15, 0.2) is 0 Å². The summed E-state index contributed by atoms with van der Waals surface area (Å²) in [5.74, 6) is 2.79. The van der Waals surface area contributed by atoms with Gasteiger partial charge in [-0.05, 0) is 90.9 Å². The molecule has 4 aliphatic heterocycles. The van der Waals surface area contributed by atoms with Crippen LogP contribution in [0, 0.1) is 17.8 Å². The van der Waals surface area contributed by atoms with Crippen molar-refractivity contribution in [3.8, 4) is 17.6 Å². The normalized spacial score (nSPS) is 24.4. The monoisotopic (exact) mass is 988 g/mol. The molecule has 73 heavy (non-hydrogen) atoms.